The van der Waals surface area contributed by atoms with E-state index in [1.54, 1.807) is 37.3 Å². The number of benzene rings is 2. The molecule has 3 aromatic rings. The number of esters is 2. The van der Waals surface area contributed by atoms with Crippen molar-refractivity contribution in [3.63, 3.8) is 0 Å². The highest BCUT2D eigenvalue weighted by molar-refractivity contribution is 5.97. The van der Waals surface area contributed by atoms with Crippen molar-refractivity contribution in [3.8, 4) is 0 Å². The first-order valence-corrected chi connectivity index (χ1v) is 9.42. The van der Waals surface area contributed by atoms with E-state index in [1.165, 1.54) is 25.3 Å². The number of methoxy groups -OCH3 is 1. The van der Waals surface area contributed by atoms with Gasteiger partial charge in [0.15, 0.2) is 0 Å². The van der Waals surface area contributed by atoms with E-state index in [-0.39, 0.29) is 29.5 Å². The zero-order chi connectivity index (χ0) is 23.1. The number of nitrogens with zero attached hydrogens (tertiary/aromatic N) is 3. The fraction of sp³-hybridized carbons (Fsp3) is 0.143. The van der Waals surface area contributed by atoms with Crippen LogP contribution in [0.4, 0.5) is 28.7 Å². The fourth-order valence-electron chi connectivity index (χ4n) is 2.78. The van der Waals surface area contributed by atoms with Gasteiger partial charge in [-0.25, -0.2) is 19.6 Å². The van der Waals surface area contributed by atoms with Gasteiger partial charge in [-0.3, -0.25) is 10.1 Å². The van der Waals surface area contributed by atoms with Gasteiger partial charge in [-0.1, -0.05) is 12.1 Å². The lowest BCUT2D eigenvalue weighted by atomic mass is 10.2. The SMILES string of the molecule is CCOC(=O)c1ccc(Nc2ncnc(Nc3ccccc3C(=O)OC)c2[N+](=O)[O-])cc1. The Balaban J connectivity index is 1.92. The van der Waals surface area contributed by atoms with Crippen LogP contribution < -0.4 is 10.6 Å². The maximum Gasteiger partial charge on any atom is 0.353 e. The summed E-state index contributed by atoms with van der Waals surface area (Å²) >= 11 is 0. The predicted molar refractivity (Wildman–Crippen MR) is 115 cm³/mol. The van der Waals surface area contributed by atoms with Crippen LogP contribution in [0.5, 0.6) is 0 Å². The Morgan fingerprint density at radius 3 is 2.28 bits per heavy atom. The monoisotopic (exact) mass is 437 g/mol. The van der Waals surface area contributed by atoms with Gasteiger partial charge in [-0.15, -0.1) is 0 Å². The molecule has 164 valence electrons. The Labute approximate surface area is 182 Å². The zero-order valence-electron chi connectivity index (χ0n) is 17.2. The Morgan fingerprint density at radius 2 is 1.66 bits per heavy atom. The molecule has 0 amide bonds. The van der Waals surface area contributed by atoms with Crippen LogP contribution in [0.2, 0.25) is 0 Å². The molecule has 11 heteroatoms. The number of aromatic nitrogens is 2. The van der Waals surface area contributed by atoms with Crippen molar-refractivity contribution in [3.05, 3.63) is 76.1 Å². The number of hydrogen-bond donors (Lipinski definition) is 2. The molecule has 0 aliphatic heterocycles. The summed E-state index contributed by atoms with van der Waals surface area (Å²) in [5.74, 6) is -1.27. The topological polar surface area (TPSA) is 146 Å². The second-order valence-corrected chi connectivity index (χ2v) is 6.26. The quantitative estimate of drug-likeness (QED) is 0.303. The van der Waals surface area contributed by atoms with E-state index < -0.39 is 22.5 Å². The number of rotatable bonds is 8. The Morgan fingerprint density at radius 1 is 1.00 bits per heavy atom. The second kappa shape index (κ2) is 9.98. The average Bonchev–Trinajstić information content (AvgIpc) is 2.79. The molecular formula is C21H19N5O6. The lowest BCUT2D eigenvalue weighted by Gasteiger charge is -2.12. The summed E-state index contributed by atoms with van der Waals surface area (Å²) in [6.07, 6.45) is 1.14. The lowest BCUT2D eigenvalue weighted by Crippen LogP contribution is -2.09. The molecule has 0 atom stereocenters. The van der Waals surface area contributed by atoms with Crippen LogP contribution in [0.15, 0.2) is 54.9 Å². The van der Waals surface area contributed by atoms with E-state index >= 15 is 0 Å². The van der Waals surface area contributed by atoms with Gasteiger partial charge >= 0.3 is 17.6 Å². The van der Waals surface area contributed by atoms with Gasteiger partial charge in [0, 0.05) is 5.69 Å². The van der Waals surface area contributed by atoms with E-state index in [2.05, 4.69) is 20.6 Å². The molecule has 2 N–H and O–H groups in total. The van der Waals surface area contributed by atoms with Crippen molar-refractivity contribution in [2.75, 3.05) is 24.4 Å². The third kappa shape index (κ3) is 4.95. The van der Waals surface area contributed by atoms with Crippen molar-refractivity contribution >= 4 is 40.6 Å². The molecule has 3 rings (SSSR count). The minimum atomic E-state index is -0.640. The summed E-state index contributed by atoms with van der Waals surface area (Å²) in [6, 6.07) is 12.6. The summed E-state index contributed by atoms with van der Waals surface area (Å²) in [7, 11) is 1.24. The molecule has 2 aromatic carbocycles. The molecule has 0 fully saturated rings. The van der Waals surface area contributed by atoms with Gasteiger partial charge < -0.3 is 20.1 Å². The van der Waals surface area contributed by atoms with Crippen molar-refractivity contribution in [1.82, 2.24) is 9.97 Å². The van der Waals surface area contributed by atoms with Crippen molar-refractivity contribution in [1.29, 1.82) is 0 Å². The van der Waals surface area contributed by atoms with Crippen molar-refractivity contribution in [2.24, 2.45) is 0 Å². The maximum absolute atomic E-state index is 12.0. The smallest absolute Gasteiger partial charge is 0.353 e. The van der Waals surface area contributed by atoms with Crippen molar-refractivity contribution in [2.45, 2.75) is 6.92 Å². The Kier molecular flexibility index (Phi) is 6.91. The summed E-state index contributed by atoms with van der Waals surface area (Å²) in [4.78, 5) is 42.9. The van der Waals surface area contributed by atoms with Gasteiger partial charge in [0.05, 0.1) is 35.5 Å². The summed E-state index contributed by atoms with van der Waals surface area (Å²) < 4.78 is 9.68. The third-order valence-electron chi connectivity index (χ3n) is 4.25. The molecule has 0 radical (unpaired) electrons. The van der Waals surface area contributed by atoms with Crippen LogP contribution in [0.3, 0.4) is 0 Å². The molecule has 32 heavy (non-hydrogen) atoms. The third-order valence-corrected chi connectivity index (χ3v) is 4.25. The molecule has 11 nitrogen and oxygen atoms in total. The molecule has 0 bridgehead atoms. The summed E-state index contributed by atoms with van der Waals surface area (Å²) in [6.45, 7) is 1.96. The predicted octanol–water partition coefficient (Wildman–Crippen LogP) is 3.84. The van der Waals surface area contributed by atoms with Crippen molar-refractivity contribution < 1.29 is 24.0 Å². The van der Waals surface area contributed by atoms with Crippen LogP contribution in [-0.4, -0.2) is 40.5 Å². The van der Waals surface area contributed by atoms with Crippen LogP contribution in [0.25, 0.3) is 0 Å². The maximum atomic E-state index is 12.0. The van der Waals surface area contributed by atoms with Gasteiger partial charge in [-0.2, -0.15) is 0 Å². The van der Waals surface area contributed by atoms with E-state index in [0.717, 1.165) is 6.33 Å². The number of hydrogen-bond acceptors (Lipinski definition) is 10. The number of anilines is 4. The van der Waals surface area contributed by atoms with E-state index in [0.29, 0.717) is 11.3 Å². The fourth-order valence-corrected chi connectivity index (χ4v) is 2.78. The minimum absolute atomic E-state index is 0.0769. The minimum Gasteiger partial charge on any atom is -0.465 e. The molecular weight excluding hydrogens is 418 g/mol. The Bertz CT molecular complexity index is 1150. The number of para-hydroxylation sites is 1. The number of nitro groups is 1. The number of ether oxygens (including phenoxy) is 2. The summed E-state index contributed by atoms with van der Waals surface area (Å²) in [5.41, 5.74) is 0.844. The highest BCUT2D eigenvalue weighted by Crippen LogP contribution is 2.33. The number of nitrogens with one attached hydrogen (secondary N) is 2. The molecule has 0 aliphatic rings. The molecule has 0 aliphatic carbocycles. The zero-order valence-corrected chi connectivity index (χ0v) is 17.2. The molecule has 1 aromatic heterocycles. The summed E-state index contributed by atoms with van der Waals surface area (Å²) in [5, 5.41) is 17.5. The largest absolute Gasteiger partial charge is 0.465 e. The van der Waals surface area contributed by atoms with Gasteiger partial charge in [-0.05, 0) is 43.3 Å². The van der Waals surface area contributed by atoms with Crippen LogP contribution in [0, 0.1) is 10.1 Å². The number of carbonyl (C=O) groups is 2. The lowest BCUT2D eigenvalue weighted by molar-refractivity contribution is -0.383. The first-order chi connectivity index (χ1) is 15.4. The number of carbonyl (C=O) groups excluding carboxylic acids is 2. The highest BCUT2D eigenvalue weighted by Gasteiger charge is 2.24. The van der Waals surface area contributed by atoms with E-state index in [4.69, 9.17) is 9.47 Å². The van der Waals surface area contributed by atoms with Crippen LogP contribution in [0.1, 0.15) is 27.6 Å². The molecule has 0 unspecified atom stereocenters. The van der Waals surface area contributed by atoms with Gasteiger partial charge in [0.1, 0.15) is 6.33 Å². The van der Waals surface area contributed by atoms with Gasteiger partial charge in [0.25, 0.3) is 0 Å². The Hall–Kier alpha value is -4.54. The second-order valence-electron chi connectivity index (χ2n) is 6.26. The van der Waals surface area contributed by atoms with E-state index in [1.807, 2.05) is 0 Å². The first kappa shape index (κ1) is 22.2. The first-order valence-electron chi connectivity index (χ1n) is 9.42. The highest BCUT2D eigenvalue weighted by atomic mass is 16.6. The van der Waals surface area contributed by atoms with Crippen LogP contribution >= 0.6 is 0 Å². The van der Waals surface area contributed by atoms with Gasteiger partial charge in [0.2, 0.25) is 11.6 Å². The normalized spacial score (nSPS) is 10.2. The molecule has 0 saturated heterocycles. The molecule has 0 spiro atoms. The molecule has 1 heterocycles. The van der Waals surface area contributed by atoms with Crippen LogP contribution in [-0.2, 0) is 9.47 Å². The van der Waals surface area contributed by atoms with E-state index in [9.17, 15) is 19.7 Å². The standard InChI is InChI=1S/C21H19N5O6/c1-3-32-20(27)13-8-10-14(11-9-13)24-18-17(26(29)30)19(23-12-22-18)25-16-7-5-4-6-15(16)21(28)31-2/h4-12H,3H2,1-2H3,(H2,22,23,24,25). The molecule has 0 saturated carbocycles. The average molecular weight is 437 g/mol.